The molecule has 0 aliphatic carbocycles. The molecule has 146 valence electrons. The van der Waals surface area contributed by atoms with Crippen LogP contribution in [-0.2, 0) is 13.0 Å². The number of hydrogen-bond acceptors (Lipinski definition) is 4. The van der Waals surface area contributed by atoms with Crippen LogP contribution >= 0.6 is 0 Å². The summed E-state index contributed by atoms with van der Waals surface area (Å²) >= 11 is 0. The van der Waals surface area contributed by atoms with Crippen LogP contribution in [0.2, 0.25) is 0 Å². The number of nitrogens with zero attached hydrogens (tertiary/aromatic N) is 3. The highest BCUT2D eigenvalue weighted by Crippen LogP contribution is 2.20. The second kappa shape index (κ2) is 9.45. The monoisotopic (exact) mass is 367 g/mol. The number of piperidine rings is 1. The fourth-order valence-corrected chi connectivity index (χ4v) is 3.91. The van der Waals surface area contributed by atoms with E-state index in [-0.39, 0.29) is 12.1 Å². The minimum absolute atomic E-state index is 0.230. The van der Waals surface area contributed by atoms with Crippen LogP contribution in [0, 0.1) is 0 Å². The summed E-state index contributed by atoms with van der Waals surface area (Å²) in [4.78, 5) is 9.07. The Bertz CT molecular complexity index is 687. The van der Waals surface area contributed by atoms with Gasteiger partial charge in [0, 0.05) is 50.5 Å². The van der Waals surface area contributed by atoms with Crippen molar-refractivity contribution < 1.29 is 5.11 Å². The summed E-state index contributed by atoms with van der Waals surface area (Å²) in [5.41, 5.74) is 3.82. The van der Waals surface area contributed by atoms with Crippen LogP contribution in [0.3, 0.4) is 0 Å². The molecule has 1 aliphatic rings. The number of likely N-dealkylation sites (N-methyl/N-ethyl adjacent to an activating group) is 1. The predicted molar refractivity (Wildman–Crippen MR) is 111 cm³/mol. The second-order valence-electron chi connectivity index (χ2n) is 8.11. The van der Waals surface area contributed by atoms with E-state index < -0.39 is 0 Å². The largest absolute Gasteiger partial charge is 0.390 e. The number of likely N-dealkylation sites (tertiary alicyclic amines) is 1. The average molecular weight is 368 g/mol. The number of rotatable bonds is 7. The molecule has 1 aliphatic heterocycles. The molecule has 1 saturated heterocycles. The van der Waals surface area contributed by atoms with E-state index in [1.54, 1.807) is 0 Å². The Kier molecular flexibility index (Phi) is 7.00. The lowest BCUT2D eigenvalue weighted by molar-refractivity contribution is -0.00619. The molecule has 1 N–H and O–H groups in total. The number of β-amino-alcohol motifs (C(OH)–C–C–N with tert-alkyl or cyclic N) is 1. The molecular formula is C23H33N3O. The van der Waals surface area contributed by atoms with Crippen molar-refractivity contribution in [1.82, 2.24) is 14.8 Å². The molecule has 3 rings (SSSR count). The summed E-state index contributed by atoms with van der Waals surface area (Å²) < 4.78 is 0. The zero-order valence-corrected chi connectivity index (χ0v) is 16.9. The molecule has 27 heavy (non-hydrogen) atoms. The molecule has 4 heteroatoms. The van der Waals surface area contributed by atoms with Crippen molar-refractivity contribution in [3.8, 4) is 0 Å². The number of benzene rings is 1. The Labute approximate surface area is 163 Å². The fraction of sp³-hybridized carbons (Fsp3) is 0.522. The van der Waals surface area contributed by atoms with Crippen LogP contribution in [0.4, 0.5) is 0 Å². The van der Waals surface area contributed by atoms with E-state index >= 15 is 0 Å². The third-order valence-electron chi connectivity index (χ3n) is 5.70. The molecule has 2 atom stereocenters. The SMILES string of the molecule is CC(C)c1ccc(CN2CC[C@@H](N(C)CCc3ccccn3)[C@H](O)C2)cc1. The van der Waals surface area contributed by atoms with Crippen LogP contribution in [-0.4, -0.2) is 58.7 Å². The number of hydrogen-bond donors (Lipinski definition) is 1. The van der Waals surface area contributed by atoms with Crippen molar-refractivity contribution in [1.29, 1.82) is 0 Å². The van der Waals surface area contributed by atoms with Gasteiger partial charge in [0.05, 0.1) is 6.10 Å². The molecule has 0 radical (unpaired) electrons. The standard InChI is InChI=1S/C23H33N3O/c1-18(2)20-9-7-19(8-10-20)16-26-15-12-22(23(27)17-26)25(3)14-11-21-6-4-5-13-24-21/h4-10,13,18,22-23,27H,11-12,14-17H2,1-3H3/t22-,23-/m1/s1. The molecule has 0 saturated carbocycles. The van der Waals surface area contributed by atoms with Crippen molar-refractivity contribution in [2.75, 3.05) is 26.7 Å². The van der Waals surface area contributed by atoms with E-state index in [1.807, 2.05) is 18.3 Å². The third-order valence-corrected chi connectivity index (χ3v) is 5.70. The summed E-state index contributed by atoms with van der Waals surface area (Å²) in [6.07, 6.45) is 3.47. The van der Waals surface area contributed by atoms with Gasteiger partial charge in [-0.1, -0.05) is 44.2 Å². The Morgan fingerprint density at radius 2 is 1.96 bits per heavy atom. The van der Waals surface area contributed by atoms with Gasteiger partial charge < -0.3 is 10.0 Å². The van der Waals surface area contributed by atoms with E-state index in [0.717, 1.165) is 44.7 Å². The number of aromatic nitrogens is 1. The van der Waals surface area contributed by atoms with Crippen LogP contribution in [0.5, 0.6) is 0 Å². The molecule has 2 heterocycles. The quantitative estimate of drug-likeness (QED) is 0.815. The van der Waals surface area contributed by atoms with Crippen molar-refractivity contribution in [3.05, 3.63) is 65.5 Å². The van der Waals surface area contributed by atoms with Crippen LogP contribution in [0.1, 0.15) is 43.0 Å². The Morgan fingerprint density at radius 3 is 2.59 bits per heavy atom. The third kappa shape index (κ3) is 5.61. The van der Waals surface area contributed by atoms with Crippen LogP contribution in [0.15, 0.2) is 48.7 Å². The van der Waals surface area contributed by atoms with Gasteiger partial charge in [-0.2, -0.15) is 0 Å². The highest BCUT2D eigenvalue weighted by molar-refractivity contribution is 5.24. The van der Waals surface area contributed by atoms with E-state index in [0.29, 0.717) is 5.92 Å². The number of aliphatic hydroxyl groups excluding tert-OH is 1. The molecule has 0 spiro atoms. The summed E-state index contributed by atoms with van der Waals surface area (Å²) in [6.45, 7) is 8.06. The molecule has 0 amide bonds. The van der Waals surface area contributed by atoms with Crippen molar-refractivity contribution in [3.63, 3.8) is 0 Å². The average Bonchev–Trinajstić information content (AvgIpc) is 2.67. The zero-order chi connectivity index (χ0) is 19.2. The van der Waals surface area contributed by atoms with E-state index in [9.17, 15) is 5.11 Å². The van der Waals surface area contributed by atoms with Crippen molar-refractivity contribution >= 4 is 0 Å². The van der Waals surface area contributed by atoms with Gasteiger partial charge in [-0.05, 0) is 42.6 Å². The summed E-state index contributed by atoms with van der Waals surface area (Å²) in [5.74, 6) is 0.568. The first-order valence-corrected chi connectivity index (χ1v) is 10.1. The van der Waals surface area contributed by atoms with Crippen molar-refractivity contribution in [2.45, 2.75) is 51.3 Å². The molecular weight excluding hydrogens is 334 g/mol. The van der Waals surface area contributed by atoms with Gasteiger partial charge in [-0.15, -0.1) is 0 Å². The van der Waals surface area contributed by atoms with Gasteiger partial charge in [0.25, 0.3) is 0 Å². The van der Waals surface area contributed by atoms with Gasteiger partial charge >= 0.3 is 0 Å². The predicted octanol–water partition coefficient (Wildman–Crippen LogP) is 3.31. The van der Waals surface area contributed by atoms with Crippen LogP contribution < -0.4 is 0 Å². The topological polar surface area (TPSA) is 39.6 Å². The summed E-state index contributed by atoms with van der Waals surface area (Å²) in [6, 6.07) is 15.2. The van der Waals surface area contributed by atoms with Gasteiger partial charge in [0.15, 0.2) is 0 Å². The smallest absolute Gasteiger partial charge is 0.0822 e. The number of pyridine rings is 1. The zero-order valence-electron chi connectivity index (χ0n) is 16.9. The number of aliphatic hydroxyl groups is 1. The fourth-order valence-electron chi connectivity index (χ4n) is 3.91. The second-order valence-corrected chi connectivity index (χ2v) is 8.11. The molecule has 4 nitrogen and oxygen atoms in total. The minimum atomic E-state index is -0.303. The summed E-state index contributed by atoms with van der Waals surface area (Å²) in [5, 5.41) is 10.7. The van der Waals surface area contributed by atoms with E-state index in [2.05, 4.69) is 66.0 Å². The summed E-state index contributed by atoms with van der Waals surface area (Å²) in [7, 11) is 2.12. The maximum Gasteiger partial charge on any atom is 0.0822 e. The minimum Gasteiger partial charge on any atom is -0.390 e. The Balaban J connectivity index is 1.48. The van der Waals surface area contributed by atoms with Gasteiger partial charge in [-0.25, -0.2) is 0 Å². The lowest BCUT2D eigenvalue weighted by Crippen LogP contribution is -2.53. The molecule has 0 bridgehead atoms. The lowest BCUT2D eigenvalue weighted by Gasteiger charge is -2.40. The molecule has 1 aromatic carbocycles. The first kappa shape index (κ1) is 20.0. The van der Waals surface area contributed by atoms with Crippen LogP contribution in [0.25, 0.3) is 0 Å². The first-order valence-electron chi connectivity index (χ1n) is 10.1. The highest BCUT2D eigenvalue weighted by Gasteiger charge is 2.30. The van der Waals surface area contributed by atoms with E-state index in [1.165, 1.54) is 11.1 Å². The Hall–Kier alpha value is -1.75. The highest BCUT2D eigenvalue weighted by atomic mass is 16.3. The lowest BCUT2D eigenvalue weighted by atomic mass is 9.98. The molecule has 0 unspecified atom stereocenters. The molecule has 2 aromatic rings. The van der Waals surface area contributed by atoms with E-state index in [4.69, 9.17) is 0 Å². The first-order chi connectivity index (χ1) is 13.0. The van der Waals surface area contributed by atoms with Crippen molar-refractivity contribution in [2.24, 2.45) is 0 Å². The Morgan fingerprint density at radius 1 is 1.19 bits per heavy atom. The van der Waals surface area contributed by atoms with Gasteiger partial charge in [0.1, 0.15) is 0 Å². The molecule has 1 aromatic heterocycles. The maximum absolute atomic E-state index is 10.7. The van der Waals surface area contributed by atoms with Gasteiger partial charge in [-0.3, -0.25) is 9.88 Å². The maximum atomic E-state index is 10.7. The van der Waals surface area contributed by atoms with Gasteiger partial charge in [0.2, 0.25) is 0 Å². The normalized spacial score (nSPS) is 21.1. The molecule has 1 fully saturated rings.